The zero-order valence-electron chi connectivity index (χ0n) is 11.0. The summed E-state index contributed by atoms with van der Waals surface area (Å²) >= 11 is 0. The molecule has 1 heterocycles. The van der Waals surface area contributed by atoms with Gasteiger partial charge in [0.15, 0.2) is 0 Å². The lowest BCUT2D eigenvalue weighted by molar-refractivity contribution is 0.0697. The number of nitrogens with one attached hydrogen (secondary N) is 1. The number of hydrogen-bond donors (Lipinski definition) is 2. The maximum Gasteiger partial charge on any atom is 0.335 e. The average molecular weight is 285 g/mol. The molecule has 0 radical (unpaired) electrons. The summed E-state index contributed by atoms with van der Waals surface area (Å²) in [5.74, 6) is -0.876. The normalized spacial score (nSPS) is 10.7. The van der Waals surface area contributed by atoms with Crippen LogP contribution in [0.3, 0.4) is 0 Å². The molecule has 106 valence electrons. The number of rotatable bonds is 4. The Morgan fingerprint density at radius 2 is 2.05 bits per heavy atom. The van der Waals surface area contributed by atoms with Crippen molar-refractivity contribution in [2.75, 3.05) is 0 Å². The van der Waals surface area contributed by atoms with Gasteiger partial charge in [-0.3, -0.25) is 0 Å². The number of carboxylic acids is 1. The zero-order chi connectivity index (χ0) is 14.8. The predicted molar refractivity (Wildman–Crippen MR) is 76.0 cm³/mol. The fourth-order valence-electron chi connectivity index (χ4n) is 2.12. The maximum absolute atomic E-state index is 13.0. The van der Waals surface area contributed by atoms with Gasteiger partial charge < -0.3 is 14.8 Å². The Labute approximate surface area is 119 Å². The Balaban J connectivity index is 1.80. The van der Waals surface area contributed by atoms with Crippen molar-refractivity contribution < 1.29 is 19.0 Å². The third-order valence-electron chi connectivity index (χ3n) is 3.12. The smallest absolute Gasteiger partial charge is 0.335 e. The third kappa shape index (κ3) is 2.86. The highest BCUT2D eigenvalue weighted by molar-refractivity contribution is 5.93. The van der Waals surface area contributed by atoms with E-state index in [1.807, 2.05) is 6.07 Å². The number of ether oxygens (including phenoxy) is 1. The lowest BCUT2D eigenvalue weighted by Crippen LogP contribution is -1.96. The Kier molecular flexibility index (Phi) is 3.31. The van der Waals surface area contributed by atoms with Crippen molar-refractivity contribution >= 4 is 16.9 Å². The molecule has 5 heteroatoms. The zero-order valence-corrected chi connectivity index (χ0v) is 11.0. The summed E-state index contributed by atoms with van der Waals surface area (Å²) in [5.41, 5.74) is 1.74. The first kappa shape index (κ1) is 13.2. The molecule has 0 fully saturated rings. The van der Waals surface area contributed by atoms with Gasteiger partial charge in [0, 0.05) is 11.6 Å². The van der Waals surface area contributed by atoms with Crippen LogP contribution in [-0.2, 0) is 6.61 Å². The molecule has 0 bridgehead atoms. The van der Waals surface area contributed by atoms with E-state index in [0.717, 1.165) is 16.6 Å². The molecule has 3 aromatic rings. The highest BCUT2D eigenvalue weighted by atomic mass is 19.1. The van der Waals surface area contributed by atoms with E-state index in [9.17, 15) is 9.18 Å². The number of aromatic amines is 1. The third-order valence-corrected chi connectivity index (χ3v) is 3.12. The molecule has 0 saturated heterocycles. The van der Waals surface area contributed by atoms with Crippen LogP contribution in [0.5, 0.6) is 5.75 Å². The van der Waals surface area contributed by atoms with Gasteiger partial charge >= 0.3 is 5.97 Å². The van der Waals surface area contributed by atoms with Crippen LogP contribution in [-0.4, -0.2) is 16.1 Å². The van der Waals surface area contributed by atoms with E-state index in [1.54, 1.807) is 30.3 Å². The summed E-state index contributed by atoms with van der Waals surface area (Å²) in [7, 11) is 0. The number of H-pyrrole nitrogens is 1. The van der Waals surface area contributed by atoms with Crippen LogP contribution in [0, 0.1) is 5.82 Å². The van der Waals surface area contributed by atoms with Crippen molar-refractivity contribution in [2.24, 2.45) is 0 Å². The van der Waals surface area contributed by atoms with Crippen molar-refractivity contribution in [3.8, 4) is 5.75 Å². The van der Waals surface area contributed by atoms with Crippen LogP contribution in [0.2, 0.25) is 0 Å². The van der Waals surface area contributed by atoms with E-state index in [0.29, 0.717) is 5.75 Å². The molecule has 3 rings (SSSR count). The van der Waals surface area contributed by atoms with Gasteiger partial charge in [-0.2, -0.15) is 0 Å². The number of halogens is 1. The van der Waals surface area contributed by atoms with Crippen LogP contribution in [0.1, 0.15) is 16.1 Å². The van der Waals surface area contributed by atoms with Crippen LogP contribution in [0.15, 0.2) is 48.5 Å². The number of carboxylic acid groups (broad SMARTS) is 1. The summed E-state index contributed by atoms with van der Waals surface area (Å²) in [5, 5.41) is 9.86. The van der Waals surface area contributed by atoms with Gasteiger partial charge in [0.05, 0.1) is 11.3 Å². The van der Waals surface area contributed by atoms with E-state index in [-0.39, 0.29) is 18.0 Å². The fourth-order valence-corrected chi connectivity index (χ4v) is 2.12. The SMILES string of the molecule is O=C(O)c1ccc2cc(COc3cccc(F)c3)[nH]c2c1. The van der Waals surface area contributed by atoms with E-state index in [1.165, 1.54) is 12.1 Å². The Bertz CT molecular complexity index is 810. The van der Waals surface area contributed by atoms with Gasteiger partial charge in [-0.1, -0.05) is 12.1 Å². The molecule has 2 N–H and O–H groups in total. The molecule has 0 aliphatic rings. The average Bonchev–Trinajstić information content (AvgIpc) is 2.87. The second kappa shape index (κ2) is 5.28. The minimum atomic E-state index is -0.968. The molecule has 0 unspecified atom stereocenters. The van der Waals surface area contributed by atoms with Crippen LogP contribution >= 0.6 is 0 Å². The van der Waals surface area contributed by atoms with Crippen LogP contribution in [0.25, 0.3) is 10.9 Å². The monoisotopic (exact) mass is 285 g/mol. The quantitative estimate of drug-likeness (QED) is 0.770. The van der Waals surface area contributed by atoms with E-state index >= 15 is 0 Å². The van der Waals surface area contributed by atoms with Crippen molar-refractivity contribution in [1.82, 2.24) is 4.98 Å². The molecule has 0 amide bonds. The van der Waals surface area contributed by atoms with Gasteiger partial charge in [0.2, 0.25) is 0 Å². The first-order chi connectivity index (χ1) is 10.1. The molecule has 0 spiro atoms. The Morgan fingerprint density at radius 1 is 1.19 bits per heavy atom. The summed E-state index contributed by atoms with van der Waals surface area (Å²) in [6.07, 6.45) is 0. The minimum Gasteiger partial charge on any atom is -0.487 e. The standard InChI is InChI=1S/C16H12FNO3/c17-12-2-1-3-14(8-12)21-9-13-6-10-4-5-11(16(19)20)7-15(10)18-13/h1-8,18H,9H2,(H,19,20). The molecule has 4 nitrogen and oxygen atoms in total. The number of hydrogen-bond acceptors (Lipinski definition) is 2. The molecule has 1 aromatic heterocycles. The van der Waals surface area contributed by atoms with Gasteiger partial charge in [-0.15, -0.1) is 0 Å². The van der Waals surface area contributed by atoms with Gasteiger partial charge in [-0.05, 0) is 35.7 Å². The fraction of sp³-hybridized carbons (Fsp3) is 0.0625. The highest BCUT2D eigenvalue weighted by Crippen LogP contribution is 2.19. The summed E-state index contributed by atoms with van der Waals surface area (Å²) < 4.78 is 18.5. The minimum absolute atomic E-state index is 0.224. The second-order valence-electron chi connectivity index (χ2n) is 4.65. The highest BCUT2D eigenvalue weighted by Gasteiger charge is 2.07. The first-order valence-electron chi connectivity index (χ1n) is 6.35. The lowest BCUT2D eigenvalue weighted by atomic mass is 10.2. The maximum atomic E-state index is 13.0. The van der Waals surface area contributed by atoms with Gasteiger partial charge in [0.25, 0.3) is 0 Å². The molecule has 0 saturated carbocycles. The summed E-state index contributed by atoms with van der Waals surface area (Å²) in [4.78, 5) is 14.0. The Hall–Kier alpha value is -2.82. The van der Waals surface area contributed by atoms with Gasteiger partial charge in [-0.25, -0.2) is 9.18 Å². The predicted octanol–water partition coefficient (Wildman–Crippen LogP) is 3.58. The summed E-state index contributed by atoms with van der Waals surface area (Å²) in [6, 6.07) is 12.7. The molecular weight excluding hydrogens is 273 g/mol. The van der Waals surface area contributed by atoms with Crippen LogP contribution < -0.4 is 4.74 Å². The largest absolute Gasteiger partial charge is 0.487 e. The summed E-state index contributed by atoms with van der Waals surface area (Å²) in [6.45, 7) is 0.251. The van der Waals surface area contributed by atoms with Crippen molar-refractivity contribution in [3.63, 3.8) is 0 Å². The molecule has 0 aliphatic carbocycles. The number of carbonyl (C=O) groups is 1. The second-order valence-corrected chi connectivity index (χ2v) is 4.65. The molecule has 21 heavy (non-hydrogen) atoms. The number of fused-ring (bicyclic) bond motifs is 1. The van der Waals surface area contributed by atoms with E-state index < -0.39 is 5.97 Å². The molecular formula is C16H12FNO3. The number of benzene rings is 2. The Morgan fingerprint density at radius 3 is 2.81 bits per heavy atom. The lowest BCUT2D eigenvalue weighted by Gasteiger charge is -2.04. The number of aromatic carboxylic acids is 1. The first-order valence-corrected chi connectivity index (χ1v) is 6.35. The molecule has 2 aromatic carbocycles. The van der Waals surface area contributed by atoms with Gasteiger partial charge in [0.1, 0.15) is 18.2 Å². The van der Waals surface area contributed by atoms with Crippen molar-refractivity contribution in [2.45, 2.75) is 6.61 Å². The van der Waals surface area contributed by atoms with Crippen molar-refractivity contribution in [1.29, 1.82) is 0 Å². The van der Waals surface area contributed by atoms with Crippen molar-refractivity contribution in [3.05, 3.63) is 65.6 Å². The molecule has 0 aliphatic heterocycles. The van der Waals surface area contributed by atoms with Crippen LogP contribution in [0.4, 0.5) is 4.39 Å². The molecule has 0 atom stereocenters. The van der Waals surface area contributed by atoms with E-state index in [2.05, 4.69) is 4.98 Å². The topological polar surface area (TPSA) is 62.3 Å². The number of aromatic nitrogens is 1. The van der Waals surface area contributed by atoms with E-state index in [4.69, 9.17) is 9.84 Å².